The third kappa shape index (κ3) is 6.23. The molecule has 3 heterocycles. The molecule has 3 aromatic rings. The van der Waals surface area contributed by atoms with Crippen LogP contribution in [0.3, 0.4) is 0 Å². The zero-order valence-electron chi connectivity index (χ0n) is 20.9. The van der Waals surface area contributed by atoms with Crippen LogP contribution in [0.1, 0.15) is 62.4 Å². The van der Waals surface area contributed by atoms with Crippen LogP contribution in [0.4, 0.5) is 5.13 Å². The number of thioether (sulfide) groups is 1. The fourth-order valence-electron chi connectivity index (χ4n) is 3.27. The number of benzene rings is 1. The topological polar surface area (TPSA) is 86.0 Å². The van der Waals surface area contributed by atoms with Crippen molar-refractivity contribution >= 4 is 50.6 Å². The van der Waals surface area contributed by atoms with Crippen molar-refractivity contribution in [3.8, 4) is 5.75 Å². The van der Waals surface area contributed by atoms with E-state index in [1.807, 2.05) is 23.2 Å². The fraction of sp³-hybridized carbons (Fsp3) is 0.440. The van der Waals surface area contributed by atoms with E-state index in [0.29, 0.717) is 17.6 Å². The van der Waals surface area contributed by atoms with E-state index in [4.69, 9.17) is 10.1 Å². The van der Waals surface area contributed by atoms with Crippen molar-refractivity contribution in [3.05, 3.63) is 57.2 Å². The lowest BCUT2D eigenvalue weighted by Gasteiger charge is -2.25. The van der Waals surface area contributed by atoms with Gasteiger partial charge in [-0.25, -0.2) is 5.01 Å². The molecule has 35 heavy (non-hydrogen) atoms. The summed E-state index contributed by atoms with van der Waals surface area (Å²) in [5.41, 5.74) is 0.556. The highest BCUT2D eigenvalue weighted by Gasteiger charge is 2.38. The molecule has 2 aromatic heterocycles. The second-order valence-electron chi connectivity index (χ2n) is 10.4. The molecular weight excluding hydrogens is 497 g/mol. The lowest BCUT2D eigenvalue weighted by atomic mass is 9.98. The molecule has 4 rings (SSSR count). The van der Waals surface area contributed by atoms with Gasteiger partial charge in [0.25, 0.3) is 0 Å². The minimum Gasteiger partial charge on any atom is -0.508 e. The Morgan fingerprint density at radius 2 is 1.83 bits per heavy atom. The van der Waals surface area contributed by atoms with Crippen molar-refractivity contribution in [3.63, 3.8) is 0 Å². The summed E-state index contributed by atoms with van der Waals surface area (Å²) in [6, 6.07) is 11.6. The Hall–Kier alpha value is -2.43. The van der Waals surface area contributed by atoms with Gasteiger partial charge in [-0.1, -0.05) is 88.9 Å². The summed E-state index contributed by atoms with van der Waals surface area (Å²) < 4.78 is 0. The van der Waals surface area contributed by atoms with Crippen LogP contribution in [-0.4, -0.2) is 37.9 Å². The molecule has 10 heteroatoms. The van der Waals surface area contributed by atoms with Crippen LogP contribution in [0.25, 0.3) is 0 Å². The van der Waals surface area contributed by atoms with E-state index in [1.54, 1.807) is 29.2 Å². The monoisotopic (exact) mass is 528 g/mol. The number of anilines is 1. The van der Waals surface area contributed by atoms with Crippen LogP contribution >= 0.6 is 34.4 Å². The summed E-state index contributed by atoms with van der Waals surface area (Å²) in [5, 5.41) is 34.1. The number of nitrogens with zero attached hydrogens (tertiary/aromatic N) is 5. The highest BCUT2D eigenvalue weighted by molar-refractivity contribution is 8.14. The number of nitrogens with one attached hydrogen (secondary N) is 1. The molecule has 1 atom stereocenters. The lowest BCUT2D eigenvalue weighted by Crippen LogP contribution is -2.33. The van der Waals surface area contributed by atoms with Gasteiger partial charge in [0, 0.05) is 34.2 Å². The van der Waals surface area contributed by atoms with Crippen molar-refractivity contribution < 1.29 is 5.11 Å². The number of para-hydroxylation sites is 1. The number of guanidine groups is 1. The van der Waals surface area contributed by atoms with E-state index >= 15 is 0 Å². The average Bonchev–Trinajstić information content (AvgIpc) is 3.53. The smallest absolute Gasteiger partial charge is 0.222 e. The van der Waals surface area contributed by atoms with Gasteiger partial charge >= 0.3 is 0 Å². The molecule has 0 bridgehead atoms. The van der Waals surface area contributed by atoms with E-state index in [0.717, 1.165) is 22.0 Å². The van der Waals surface area contributed by atoms with E-state index in [2.05, 4.69) is 74.6 Å². The normalized spacial score (nSPS) is 17.1. The van der Waals surface area contributed by atoms with Gasteiger partial charge in [0.15, 0.2) is 0 Å². The molecule has 0 aliphatic carbocycles. The Kier molecular flexibility index (Phi) is 7.54. The Bertz CT molecular complexity index is 1200. The van der Waals surface area contributed by atoms with E-state index in [1.165, 1.54) is 16.2 Å². The molecule has 0 saturated heterocycles. The standard InChI is InChI=1S/C25H32N6OS3/c1-24(2,3)20-28-29-23(35-20)27-22(26-14-13-16-10-9-15-33-16)31-19(17-11-7-8-12-18(17)32)34-21(30-31)25(4,5)6/h7-12,15,19,32H,13-14H2,1-6H3,(H,26,27,29). The third-order valence-electron chi connectivity index (χ3n) is 5.19. The maximum absolute atomic E-state index is 10.7. The number of rotatable bonds is 5. The van der Waals surface area contributed by atoms with Crippen LogP contribution in [-0.2, 0) is 11.8 Å². The fourth-order valence-corrected chi connectivity index (χ4v) is 6.04. The third-order valence-corrected chi connectivity index (χ3v) is 8.99. The molecule has 0 fully saturated rings. The zero-order chi connectivity index (χ0) is 25.2. The number of phenols is 1. The van der Waals surface area contributed by atoms with Crippen LogP contribution in [0.2, 0.25) is 0 Å². The van der Waals surface area contributed by atoms with Gasteiger partial charge in [0.1, 0.15) is 21.2 Å². The van der Waals surface area contributed by atoms with Crippen molar-refractivity contribution in [1.29, 1.82) is 0 Å². The Morgan fingerprint density at radius 1 is 1.06 bits per heavy atom. The Labute approximate surface area is 219 Å². The number of aromatic nitrogens is 2. The number of hydrogen-bond acceptors (Lipinski definition) is 8. The predicted octanol–water partition coefficient (Wildman–Crippen LogP) is 6.72. The first-order chi connectivity index (χ1) is 16.5. The first kappa shape index (κ1) is 25.7. The maximum Gasteiger partial charge on any atom is 0.222 e. The predicted molar refractivity (Wildman–Crippen MR) is 150 cm³/mol. The summed E-state index contributed by atoms with van der Waals surface area (Å²) in [6.45, 7) is 13.4. The van der Waals surface area contributed by atoms with Crippen LogP contribution in [0, 0.1) is 5.41 Å². The van der Waals surface area contributed by atoms with Gasteiger partial charge < -0.3 is 5.11 Å². The Morgan fingerprint density at radius 3 is 2.46 bits per heavy atom. The SMILES string of the molecule is CC(C)(C)C1=NN(C(=NCCc2cccs2)Nc2nnc(C(C)(C)C)s2)C(c2ccccc2O)S1. The van der Waals surface area contributed by atoms with Crippen molar-refractivity contribution in [2.75, 3.05) is 11.9 Å². The average molecular weight is 529 g/mol. The van der Waals surface area contributed by atoms with Crippen molar-refractivity contribution in [2.45, 2.75) is 58.8 Å². The lowest BCUT2D eigenvalue weighted by molar-refractivity contribution is 0.407. The minimum atomic E-state index is -0.256. The van der Waals surface area contributed by atoms with E-state index in [-0.39, 0.29) is 22.0 Å². The molecule has 1 aliphatic heterocycles. The molecule has 2 N–H and O–H groups in total. The van der Waals surface area contributed by atoms with E-state index < -0.39 is 0 Å². The van der Waals surface area contributed by atoms with Gasteiger partial charge in [0.05, 0.1) is 0 Å². The molecule has 0 radical (unpaired) electrons. The van der Waals surface area contributed by atoms with Gasteiger partial charge in [-0.2, -0.15) is 5.10 Å². The highest BCUT2D eigenvalue weighted by Crippen LogP contribution is 2.46. The van der Waals surface area contributed by atoms with Crippen LogP contribution < -0.4 is 5.32 Å². The van der Waals surface area contributed by atoms with Crippen molar-refractivity contribution in [2.24, 2.45) is 15.5 Å². The second kappa shape index (κ2) is 10.3. The molecule has 0 amide bonds. The number of hydrazone groups is 1. The van der Waals surface area contributed by atoms with Crippen molar-refractivity contribution in [1.82, 2.24) is 15.2 Å². The molecular formula is C25H32N6OS3. The summed E-state index contributed by atoms with van der Waals surface area (Å²) in [6.07, 6.45) is 0.838. The highest BCUT2D eigenvalue weighted by atomic mass is 32.2. The number of thiophene rings is 1. The largest absolute Gasteiger partial charge is 0.508 e. The molecule has 0 spiro atoms. The first-order valence-electron chi connectivity index (χ1n) is 11.5. The molecule has 186 valence electrons. The number of aliphatic imine (C=N–C) groups is 1. The number of hydrogen-bond donors (Lipinski definition) is 2. The minimum absolute atomic E-state index is 0.0898. The van der Waals surface area contributed by atoms with Gasteiger partial charge in [0.2, 0.25) is 11.1 Å². The molecule has 1 aliphatic rings. The van der Waals surface area contributed by atoms with E-state index in [9.17, 15) is 5.11 Å². The van der Waals surface area contributed by atoms with Crippen LogP contribution in [0.15, 0.2) is 51.9 Å². The molecule has 1 aromatic carbocycles. The Balaban J connectivity index is 1.71. The number of aromatic hydroxyl groups is 1. The summed E-state index contributed by atoms with van der Waals surface area (Å²) in [5.74, 6) is 0.836. The molecule has 0 saturated carbocycles. The number of phenolic OH excluding ortho intramolecular Hbond substituents is 1. The van der Waals surface area contributed by atoms with Gasteiger partial charge in [-0.3, -0.25) is 10.3 Å². The summed E-state index contributed by atoms with van der Waals surface area (Å²) in [4.78, 5) is 6.23. The van der Waals surface area contributed by atoms with Gasteiger partial charge in [-0.05, 0) is 17.5 Å². The summed E-state index contributed by atoms with van der Waals surface area (Å²) >= 11 is 4.89. The zero-order valence-corrected chi connectivity index (χ0v) is 23.4. The molecule has 7 nitrogen and oxygen atoms in total. The summed E-state index contributed by atoms with van der Waals surface area (Å²) in [7, 11) is 0. The molecule has 1 unspecified atom stereocenters. The maximum atomic E-state index is 10.7. The second-order valence-corrected chi connectivity index (χ2v) is 13.4. The van der Waals surface area contributed by atoms with Crippen LogP contribution in [0.5, 0.6) is 5.75 Å². The first-order valence-corrected chi connectivity index (χ1v) is 14.1. The van der Waals surface area contributed by atoms with Gasteiger partial charge in [-0.15, -0.1) is 21.5 Å². The quantitative estimate of drug-likeness (QED) is 0.282.